The molecule has 0 aliphatic carbocycles. The highest BCUT2D eigenvalue weighted by atomic mass is 16.5. The van der Waals surface area contributed by atoms with E-state index in [1.54, 1.807) is 38.1 Å². The van der Waals surface area contributed by atoms with Gasteiger partial charge in [-0.15, -0.1) is 0 Å². The van der Waals surface area contributed by atoms with E-state index in [4.69, 9.17) is 10.5 Å². The molecule has 1 rings (SSSR count). The number of carbonyl (C=O) groups excluding carboxylic acids is 1. The van der Waals surface area contributed by atoms with Crippen molar-refractivity contribution < 1.29 is 14.6 Å². The second kappa shape index (κ2) is 4.79. The number of hydrogen-bond acceptors (Lipinski definition) is 3. The third kappa shape index (κ3) is 2.95. The number of benzene rings is 1. The first-order valence-corrected chi connectivity index (χ1v) is 4.75. The second-order valence-electron chi connectivity index (χ2n) is 3.38. The summed E-state index contributed by atoms with van der Waals surface area (Å²) in [4.78, 5) is 10.8. The van der Waals surface area contributed by atoms with Crippen LogP contribution in [-0.2, 0) is 4.79 Å². The zero-order chi connectivity index (χ0) is 11.4. The Morgan fingerprint density at radius 1 is 1.40 bits per heavy atom. The van der Waals surface area contributed by atoms with Crippen LogP contribution in [-0.4, -0.2) is 17.1 Å². The van der Waals surface area contributed by atoms with Gasteiger partial charge < -0.3 is 15.6 Å². The van der Waals surface area contributed by atoms with Gasteiger partial charge in [0, 0.05) is 5.56 Å². The quantitative estimate of drug-likeness (QED) is 0.776. The normalized spacial score (nSPS) is 14.3. The summed E-state index contributed by atoms with van der Waals surface area (Å²) in [6, 6.07) is 7.01. The van der Waals surface area contributed by atoms with Gasteiger partial charge in [0.2, 0.25) is 0 Å². The van der Waals surface area contributed by atoms with Crippen LogP contribution in [0, 0.1) is 0 Å². The molecule has 4 nitrogen and oxygen atoms in total. The molecular weight excluding hydrogens is 194 g/mol. The van der Waals surface area contributed by atoms with Crippen LogP contribution in [0.3, 0.4) is 0 Å². The van der Waals surface area contributed by atoms with Crippen molar-refractivity contribution in [1.82, 2.24) is 0 Å². The number of nitrogens with two attached hydrogens (primary N) is 1. The van der Waals surface area contributed by atoms with Crippen LogP contribution in [0.2, 0.25) is 0 Å². The minimum absolute atomic E-state index is 0.485. The lowest BCUT2D eigenvalue weighted by Gasteiger charge is -2.16. The van der Waals surface area contributed by atoms with E-state index in [0.717, 1.165) is 0 Å². The van der Waals surface area contributed by atoms with Gasteiger partial charge in [0.25, 0.3) is 5.91 Å². The lowest BCUT2D eigenvalue weighted by atomic mass is 10.1. The second-order valence-corrected chi connectivity index (χ2v) is 3.38. The van der Waals surface area contributed by atoms with Crippen molar-refractivity contribution in [3.05, 3.63) is 29.8 Å². The maximum absolute atomic E-state index is 10.8. The van der Waals surface area contributed by atoms with Crippen LogP contribution in [0.15, 0.2) is 24.3 Å². The number of amides is 1. The maximum atomic E-state index is 10.8. The summed E-state index contributed by atoms with van der Waals surface area (Å²) in [6.07, 6.45) is -1.34. The van der Waals surface area contributed by atoms with Gasteiger partial charge in [-0.1, -0.05) is 18.2 Å². The Hall–Kier alpha value is -1.55. The van der Waals surface area contributed by atoms with Gasteiger partial charge in [-0.05, 0) is 19.9 Å². The summed E-state index contributed by atoms with van der Waals surface area (Å²) in [6.45, 7) is 3.21. The number of primary amides is 1. The molecule has 0 saturated carbocycles. The summed E-state index contributed by atoms with van der Waals surface area (Å²) in [5.74, 6) is -0.0470. The van der Waals surface area contributed by atoms with E-state index < -0.39 is 18.1 Å². The molecule has 0 saturated heterocycles. The van der Waals surface area contributed by atoms with Gasteiger partial charge >= 0.3 is 0 Å². The zero-order valence-electron chi connectivity index (χ0n) is 8.81. The molecule has 0 aliphatic rings. The number of rotatable bonds is 4. The fourth-order valence-electron chi connectivity index (χ4n) is 1.18. The number of carbonyl (C=O) groups is 1. The molecule has 0 bridgehead atoms. The summed E-state index contributed by atoms with van der Waals surface area (Å²) in [5.41, 5.74) is 5.73. The number of aliphatic hydroxyl groups is 1. The van der Waals surface area contributed by atoms with Gasteiger partial charge in [-0.25, -0.2) is 0 Å². The van der Waals surface area contributed by atoms with Gasteiger partial charge in [-0.3, -0.25) is 4.79 Å². The Labute approximate surface area is 88.7 Å². The minimum Gasteiger partial charge on any atom is -0.481 e. The predicted molar refractivity (Wildman–Crippen MR) is 56.4 cm³/mol. The third-order valence-electron chi connectivity index (χ3n) is 2.07. The van der Waals surface area contributed by atoms with E-state index in [0.29, 0.717) is 11.3 Å². The van der Waals surface area contributed by atoms with Gasteiger partial charge in [0.05, 0.1) is 6.10 Å². The maximum Gasteiger partial charge on any atom is 0.258 e. The molecule has 3 N–H and O–H groups in total. The molecule has 0 heterocycles. The Bertz CT molecular complexity index is 349. The molecule has 2 atom stereocenters. The average molecular weight is 209 g/mol. The predicted octanol–water partition coefficient (Wildman–Crippen LogP) is 0.992. The minimum atomic E-state index is -0.704. The van der Waals surface area contributed by atoms with E-state index >= 15 is 0 Å². The van der Waals surface area contributed by atoms with Crippen molar-refractivity contribution in [2.45, 2.75) is 26.1 Å². The largest absolute Gasteiger partial charge is 0.481 e. The molecule has 1 aromatic carbocycles. The molecular formula is C11H15NO3. The lowest BCUT2D eigenvalue weighted by molar-refractivity contribution is -0.124. The fraction of sp³-hybridized carbons (Fsp3) is 0.364. The molecule has 1 amide bonds. The monoisotopic (exact) mass is 209 g/mol. The summed E-state index contributed by atoms with van der Waals surface area (Å²) in [7, 11) is 0. The van der Waals surface area contributed by atoms with E-state index in [-0.39, 0.29) is 0 Å². The Kier molecular flexibility index (Phi) is 3.68. The molecule has 0 radical (unpaired) electrons. The van der Waals surface area contributed by atoms with Crippen LogP contribution in [0.5, 0.6) is 5.75 Å². The van der Waals surface area contributed by atoms with Crippen molar-refractivity contribution in [3.63, 3.8) is 0 Å². The number of hydrogen-bond donors (Lipinski definition) is 2. The highest BCUT2D eigenvalue weighted by Gasteiger charge is 2.14. The van der Waals surface area contributed by atoms with Crippen LogP contribution in [0.1, 0.15) is 25.5 Å². The first-order chi connectivity index (χ1) is 7.02. The molecule has 1 aromatic rings. The van der Waals surface area contributed by atoms with Crippen molar-refractivity contribution >= 4 is 5.91 Å². The first-order valence-electron chi connectivity index (χ1n) is 4.75. The molecule has 4 heteroatoms. The topological polar surface area (TPSA) is 72.6 Å². The van der Waals surface area contributed by atoms with Gasteiger partial charge in [0.15, 0.2) is 6.10 Å². The molecule has 0 fully saturated rings. The molecule has 82 valence electrons. The van der Waals surface area contributed by atoms with Crippen LogP contribution >= 0.6 is 0 Å². The zero-order valence-corrected chi connectivity index (χ0v) is 8.81. The molecule has 0 aromatic heterocycles. The third-order valence-corrected chi connectivity index (χ3v) is 2.07. The molecule has 0 aliphatic heterocycles. The number of aliphatic hydroxyl groups excluding tert-OH is 1. The van der Waals surface area contributed by atoms with Gasteiger partial charge in [0.1, 0.15) is 5.75 Å². The molecule has 0 spiro atoms. The van der Waals surface area contributed by atoms with E-state index in [1.165, 1.54) is 0 Å². The standard InChI is InChI=1S/C11H15NO3/c1-7(13)9-5-3-4-6-10(9)15-8(2)11(12)14/h3-8,13H,1-2H3,(H2,12,14). The molecule has 2 unspecified atom stereocenters. The van der Waals surface area contributed by atoms with Crippen molar-refractivity contribution in [3.8, 4) is 5.75 Å². The van der Waals surface area contributed by atoms with Crippen molar-refractivity contribution in [1.29, 1.82) is 0 Å². The summed E-state index contributed by atoms with van der Waals surface area (Å²) < 4.78 is 5.33. The van der Waals surface area contributed by atoms with E-state index in [2.05, 4.69) is 0 Å². The first kappa shape index (κ1) is 11.5. The number of ether oxygens (including phenoxy) is 1. The highest BCUT2D eigenvalue weighted by Crippen LogP contribution is 2.25. The summed E-state index contributed by atoms with van der Waals surface area (Å²) in [5, 5.41) is 9.46. The highest BCUT2D eigenvalue weighted by molar-refractivity contribution is 5.78. The SMILES string of the molecule is CC(Oc1ccccc1C(C)O)C(N)=O. The van der Waals surface area contributed by atoms with Crippen LogP contribution < -0.4 is 10.5 Å². The smallest absolute Gasteiger partial charge is 0.258 e. The van der Waals surface area contributed by atoms with Crippen molar-refractivity contribution in [2.75, 3.05) is 0 Å². The van der Waals surface area contributed by atoms with E-state index in [1.807, 2.05) is 0 Å². The lowest BCUT2D eigenvalue weighted by Crippen LogP contribution is -2.31. The van der Waals surface area contributed by atoms with Gasteiger partial charge in [-0.2, -0.15) is 0 Å². The fourth-order valence-corrected chi connectivity index (χ4v) is 1.18. The Balaban J connectivity index is 2.89. The van der Waals surface area contributed by atoms with Crippen molar-refractivity contribution in [2.24, 2.45) is 5.73 Å². The van der Waals surface area contributed by atoms with E-state index in [9.17, 15) is 9.90 Å². The Morgan fingerprint density at radius 3 is 2.53 bits per heavy atom. The Morgan fingerprint density at radius 2 is 2.00 bits per heavy atom. The average Bonchev–Trinajstić information content (AvgIpc) is 2.18. The summed E-state index contributed by atoms with van der Waals surface area (Å²) >= 11 is 0. The van der Waals surface area contributed by atoms with Crippen LogP contribution in [0.4, 0.5) is 0 Å². The molecule has 15 heavy (non-hydrogen) atoms. The number of para-hydroxylation sites is 1. The van der Waals surface area contributed by atoms with Crippen LogP contribution in [0.25, 0.3) is 0 Å².